The molecule has 7 nitrogen and oxygen atoms in total. The molecule has 0 atom stereocenters. The third-order valence-electron chi connectivity index (χ3n) is 3.70. The summed E-state index contributed by atoms with van der Waals surface area (Å²) >= 11 is 0. The van der Waals surface area contributed by atoms with Crippen molar-refractivity contribution in [1.82, 2.24) is 20.3 Å². The second-order valence-corrected chi connectivity index (χ2v) is 6.70. The predicted molar refractivity (Wildman–Crippen MR) is 80.3 cm³/mol. The molecule has 0 unspecified atom stereocenters. The van der Waals surface area contributed by atoms with Gasteiger partial charge in [-0.15, -0.1) is 8.98 Å². The van der Waals surface area contributed by atoms with E-state index in [1.165, 1.54) is 22.9 Å². The molecule has 1 saturated heterocycles. The van der Waals surface area contributed by atoms with Gasteiger partial charge in [0, 0.05) is 25.8 Å². The first-order valence-corrected chi connectivity index (χ1v) is 8.68. The number of hydrogen-bond donors (Lipinski definition) is 1. The fraction of sp³-hybridized carbons (Fsp3) is 0.429. The van der Waals surface area contributed by atoms with Crippen molar-refractivity contribution in [2.75, 3.05) is 13.2 Å². The molecule has 2 aromatic rings. The lowest BCUT2D eigenvalue weighted by molar-refractivity contribution is 0.0775. The minimum absolute atomic E-state index is 0.396. The van der Waals surface area contributed by atoms with E-state index in [0.717, 1.165) is 31.7 Å². The molecule has 23 heavy (non-hydrogen) atoms. The molecular weight excluding hydrogens is 323 g/mol. The van der Waals surface area contributed by atoms with E-state index in [2.05, 4.69) is 15.6 Å². The standard InChI is InChI=1S/C14H17FN4O3S/c15-23(20,21)14-3-1-2-13(8-14)19-10-12(17-18-19)9-16-11-4-6-22-7-5-11/h1-3,8,10-11,16H,4-7,9H2. The normalized spacial score (nSPS) is 16.6. The van der Waals surface area contributed by atoms with E-state index in [9.17, 15) is 12.3 Å². The monoisotopic (exact) mass is 340 g/mol. The van der Waals surface area contributed by atoms with Crippen LogP contribution in [0, 0.1) is 0 Å². The fourth-order valence-electron chi connectivity index (χ4n) is 2.43. The number of rotatable bonds is 5. The summed E-state index contributed by atoms with van der Waals surface area (Å²) in [7, 11) is -4.74. The van der Waals surface area contributed by atoms with Gasteiger partial charge in [0.25, 0.3) is 0 Å². The molecule has 1 N–H and O–H groups in total. The molecule has 0 aliphatic carbocycles. The second kappa shape index (κ2) is 6.73. The second-order valence-electron chi connectivity index (χ2n) is 5.36. The van der Waals surface area contributed by atoms with Crippen LogP contribution in [0.15, 0.2) is 35.4 Å². The molecule has 0 amide bonds. The zero-order chi connectivity index (χ0) is 16.3. The Morgan fingerprint density at radius 2 is 2.13 bits per heavy atom. The minimum atomic E-state index is -4.74. The maximum atomic E-state index is 13.1. The van der Waals surface area contributed by atoms with Crippen LogP contribution in [0.5, 0.6) is 0 Å². The molecule has 3 rings (SSSR count). The summed E-state index contributed by atoms with van der Waals surface area (Å²) in [5.41, 5.74) is 1.17. The topological polar surface area (TPSA) is 86.1 Å². The minimum Gasteiger partial charge on any atom is -0.381 e. The van der Waals surface area contributed by atoms with Crippen LogP contribution in [0.1, 0.15) is 18.5 Å². The lowest BCUT2D eigenvalue weighted by Crippen LogP contribution is -2.34. The highest BCUT2D eigenvalue weighted by Gasteiger charge is 2.15. The van der Waals surface area contributed by atoms with Crippen LogP contribution in [-0.4, -0.2) is 42.7 Å². The van der Waals surface area contributed by atoms with Gasteiger partial charge in [0.2, 0.25) is 0 Å². The Balaban J connectivity index is 1.69. The van der Waals surface area contributed by atoms with Crippen molar-refractivity contribution >= 4 is 10.2 Å². The Kier molecular flexibility index (Phi) is 4.69. The van der Waals surface area contributed by atoms with E-state index in [1.54, 1.807) is 12.3 Å². The molecule has 1 fully saturated rings. The summed E-state index contributed by atoms with van der Waals surface area (Å²) in [4.78, 5) is -0.396. The van der Waals surface area contributed by atoms with Crippen LogP contribution in [0.25, 0.3) is 5.69 Å². The van der Waals surface area contributed by atoms with Crippen molar-refractivity contribution in [3.63, 3.8) is 0 Å². The molecule has 1 aromatic carbocycles. The van der Waals surface area contributed by atoms with Crippen molar-refractivity contribution in [1.29, 1.82) is 0 Å². The summed E-state index contributed by atoms with van der Waals surface area (Å²) in [6.45, 7) is 2.08. The Hall–Kier alpha value is -1.84. The van der Waals surface area contributed by atoms with E-state index >= 15 is 0 Å². The number of nitrogens with one attached hydrogen (secondary N) is 1. The zero-order valence-corrected chi connectivity index (χ0v) is 13.2. The number of benzene rings is 1. The lowest BCUT2D eigenvalue weighted by Gasteiger charge is -2.22. The molecule has 2 heterocycles. The third kappa shape index (κ3) is 4.12. The van der Waals surface area contributed by atoms with Crippen molar-refractivity contribution in [2.45, 2.75) is 30.3 Å². The van der Waals surface area contributed by atoms with Gasteiger partial charge >= 0.3 is 10.2 Å². The SMILES string of the molecule is O=S(=O)(F)c1cccc(-n2cc(CNC3CCOCC3)nn2)c1. The molecule has 0 radical (unpaired) electrons. The van der Waals surface area contributed by atoms with E-state index in [4.69, 9.17) is 4.74 Å². The van der Waals surface area contributed by atoms with Crippen molar-refractivity contribution in [3.05, 3.63) is 36.2 Å². The number of aromatic nitrogens is 3. The zero-order valence-electron chi connectivity index (χ0n) is 12.4. The van der Waals surface area contributed by atoms with E-state index in [-0.39, 0.29) is 0 Å². The number of ether oxygens (including phenoxy) is 1. The highest BCUT2D eigenvalue weighted by molar-refractivity contribution is 7.86. The first-order chi connectivity index (χ1) is 11.0. The Morgan fingerprint density at radius 3 is 2.87 bits per heavy atom. The first kappa shape index (κ1) is 16.0. The molecule has 1 aliphatic rings. The van der Waals surface area contributed by atoms with Gasteiger partial charge in [0.05, 0.1) is 17.6 Å². The third-order valence-corrected chi connectivity index (χ3v) is 4.51. The van der Waals surface area contributed by atoms with E-state index in [0.29, 0.717) is 18.3 Å². The molecular formula is C14H17FN4O3S. The van der Waals surface area contributed by atoms with Crippen molar-refractivity contribution < 1.29 is 17.0 Å². The molecule has 124 valence electrons. The van der Waals surface area contributed by atoms with Crippen LogP contribution >= 0.6 is 0 Å². The van der Waals surface area contributed by atoms with Gasteiger partial charge in [-0.3, -0.25) is 0 Å². The summed E-state index contributed by atoms with van der Waals surface area (Å²) in [6, 6.07) is 5.92. The van der Waals surface area contributed by atoms with Gasteiger partial charge < -0.3 is 10.1 Å². The highest BCUT2D eigenvalue weighted by atomic mass is 32.3. The van der Waals surface area contributed by atoms with Gasteiger partial charge in [-0.25, -0.2) is 4.68 Å². The number of nitrogens with zero attached hydrogens (tertiary/aromatic N) is 3. The van der Waals surface area contributed by atoms with Gasteiger partial charge in [0.15, 0.2) is 0 Å². The molecule has 9 heteroatoms. The maximum absolute atomic E-state index is 13.1. The lowest BCUT2D eigenvalue weighted by atomic mass is 10.1. The average molecular weight is 340 g/mol. The quantitative estimate of drug-likeness (QED) is 0.823. The van der Waals surface area contributed by atoms with Crippen LogP contribution < -0.4 is 5.32 Å². The average Bonchev–Trinajstić information content (AvgIpc) is 3.02. The van der Waals surface area contributed by atoms with Crippen molar-refractivity contribution in [2.24, 2.45) is 0 Å². The van der Waals surface area contributed by atoms with Gasteiger partial charge in [-0.2, -0.15) is 8.42 Å². The van der Waals surface area contributed by atoms with Gasteiger partial charge in [0.1, 0.15) is 4.90 Å². The molecule has 0 bridgehead atoms. The van der Waals surface area contributed by atoms with Crippen LogP contribution in [0.3, 0.4) is 0 Å². The maximum Gasteiger partial charge on any atom is 0.332 e. The van der Waals surface area contributed by atoms with E-state index < -0.39 is 15.1 Å². The van der Waals surface area contributed by atoms with Gasteiger partial charge in [-0.05, 0) is 31.0 Å². The van der Waals surface area contributed by atoms with Crippen LogP contribution in [0.4, 0.5) is 3.89 Å². The highest BCUT2D eigenvalue weighted by Crippen LogP contribution is 2.16. The van der Waals surface area contributed by atoms with E-state index in [1.807, 2.05) is 0 Å². The summed E-state index contributed by atoms with van der Waals surface area (Å²) in [6.07, 6.45) is 3.62. The number of hydrogen-bond acceptors (Lipinski definition) is 6. The molecule has 1 aromatic heterocycles. The fourth-order valence-corrected chi connectivity index (χ4v) is 2.94. The Labute approximate surface area is 133 Å². The van der Waals surface area contributed by atoms with Gasteiger partial charge in [-0.1, -0.05) is 11.3 Å². The Morgan fingerprint density at radius 1 is 1.35 bits per heavy atom. The van der Waals surface area contributed by atoms with Crippen LogP contribution in [0.2, 0.25) is 0 Å². The summed E-state index contributed by atoms with van der Waals surface area (Å²) in [5, 5.41) is 11.4. The summed E-state index contributed by atoms with van der Waals surface area (Å²) < 4.78 is 41.7. The first-order valence-electron chi connectivity index (χ1n) is 7.30. The van der Waals surface area contributed by atoms with Crippen LogP contribution in [-0.2, 0) is 21.5 Å². The van der Waals surface area contributed by atoms with Crippen molar-refractivity contribution in [3.8, 4) is 5.69 Å². The molecule has 0 saturated carbocycles. The predicted octanol–water partition coefficient (Wildman–Crippen LogP) is 1.19. The summed E-state index contributed by atoms with van der Waals surface area (Å²) in [5.74, 6) is 0. The largest absolute Gasteiger partial charge is 0.381 e. The Bertz CT molecular complexity index is 772. The molecule has 0 spiro atoms. The number of halogens is 1. The molecule has 1 aliphatic heterocycles. The smallest absolute Gasteiger partial charge is 0.332 e.